The molecule has 1 saturated carbocycles. The smallest absolute Gasteiger partial charge is 0.162 e. The van der Waals surface area contributed by atoms with Gasteiger partial charge in [-0.1, -0.05) is 34.5 Å². The summed E-state index contributed by atoms with van der Waals surface area (Å²) in [5, 5.41) is 0.758. The van der Waals surface area contributed by atoms with Crippen LogP contribution in [0.1, 0.15) is 30.2 Å². The first-order valence-corrected chi connectivity index (χ1v) is 7.69. The van der Waals surface area contributed by atoms with Gasteiger partial charge in [0.25, 0.3) is 0 Å². The minimum Gasteiger partial charge on any atom is -0.486 e. The first-order chi connectivity index (χ1) is 8.66. The summed E-state index contributed by atoms with van der Waals surface area (Å²) in [6, 6.07) is 3.90. The quantitative estimate of drug-likeness (QED) is 0.754. The lowest BCUT2D eigenvalue weighted by Crippen LogP contribution is -2.16. The third-order valence-electron chi connectivity index (χ3n) is 3.79. The zero-order valence-corrected chi connectivity index (χ0v) is 12.6. The highest BCUT2D eigenvalue weighted by molar-refractivity contribution is 9.09. The Morgan fingerprint density at radius 1 is 1.22 bits per heavy atom. The summed E-state index contributed by atoms with van der Waals surface area (Å²) in [5.41, 5.74) is 1.11. The number of ether oxygens (including phenoxy) is 2. The van der Waals surface area contributed by atoms with E-state index in [4.69, 9.17) is 21.1 Å². The Kier molecular flexibility index (Phi) is 3.46. The molecule has 1 fully saturated rings. The Morgan fingerprint density at radius 2 is 1.83 bits per heavy atom. The molecule has 0 amide bonds. The molecular weight excluding hydrogens is 316 g/mol. The molecule has 1 heterocycles. The number of alkyl halides is 1. The number of benzene rings is 1. The molecule has 18 heavy (non-hydrogen) atoms. The Labute approximate surface area is 121 Å². The molecule has 4 heteroatoms. The van der Waals surface area contributed by atoms with E-state index in [0.29, 0.717) is 19.1 Å². The second-order valence-corrected chi connectivity index (χ2v) is 6.51. The average molecular weight is 332 g/mol. The van der Waals surface area contributed by atoms with E-state index in [1.807, 2.05) is 12.1 Å². The van der Waals surface area contributed by atoms with E-state index in [1.165, 1.54) is 12.8 Å². The topological polar surface area (TPSA) is 18.5 Å². The van der Waals surface area contributed by atoms with Crippen molar-refractivity contribution in [1.29, 1.82) is 0 Å². The lowest BCUT2D eigenvalue weighted by Gasteiger charge is -2.23. The van der Waals surface area contributed by atoms with Crippen LogP contribution in [-0.2, 0) is 0 Å². The van der Waals surface area contributed by atoms with Gasteiger partial charge in [-0.2, -0.15) is 0 Å². The van der Waals surface area contributed by atoms with Gasteiger partial charge in [-0.3, -0.25) is 0 Å². The summed E-state index contributed by atoms with van der Waals surface area (Å²) in [6.45, 7) is 3.49. The predicted molar refractivity (Wildman–Crippen MR) is 76.0 cm³/mol. The van der Waals surface area contributed by atoms with E-state index >= 15 is 0 Å². The van der Waals surface area contributed by atoms with Crippen LogP contribution in [0.15, 0.2) is 12.1 Å². The maximum absolute atomic E-state index is 6.36. The fourth-order valence-electron chi connectivity index (χ4n) is 2.44. The molecule has 2 unspecified atom stereocenters. The van der Waals surface area contributed by atoms with Crippen LogP contribution in [0.25, 0.3) is 0 Å². The van der Waals surface area contributed by atoms with E-state index < -0.39 is 0 Å². The fraction of sp³-hybridized carbons (Fsp3) is 0.571. The highest BCUT2D eigenvalue weighted by Crippen LogP contribution is 2.49. The van der Waals surface area contributed by atoms with Crippen molar-refractivity contribution in [3.05, 3.63) is 22.7 Å². The third-order valence-corrected chi connectivity index (χ3v) is 5.44. The molecule has 0 spiro atoms. The van der Waals surface area contributed by atoms with E-state index in [0.717, 1.165) is 28.0 Å². The van der Waals surface area contributed by atoms with Crippen molar-refractivity contribution in [2.24, 2.45) is 11.8 Å². The number of halogens is 2. The Bertz CT molecular complexity index is 459. The second-order valence-electron chi connectivity index (χ2n) is 5.12. The van der Waals surface area contributed by atoms with Gasteiger partial charge in [0.05, 0.1) is 0 Å². The van der Waals surface area contributed by atoms with Gasteiger partial charge >= 0.3 is 0 Å². The zero-order chi connectivity index (χ0) is 12.7. The van der Waals surface area contributed by atoms with Crippen molar-refractivity contribution in [2.45, 2.75) is 24.6 Å². The van der Waals surface area contributed by atoms with E-state index in [-0.39, 0.29) is 4.83 Å². The van der Waals surface area contributed by atoms with Crippen molar-refractivity contribution in [2.75, 3.05) is 13.2 Å². The Morgan fingerprint density at radius 3 is 2.44 bits per heavy atom. The normalized spacial score (nSPS) is 21.5. The molecule has 0 bridgehead atoms. The highest BCUT2D eigenvalue weighted by Gasteiger charge is 2.34. The summed E-state index contributed by atoms with van der Waals surface area (Å²) < 4.78 is 11.2. The number of fused-ring (bicyclic) bond motifs is 1. The number of hydrogen-bond acceptors (Lipinski definition) is 2. The Balaban J connectivity index is 1.90. The van der Waals surface area contributed by atoms with E-state index in [9.17, 15) is 0 Å². The molecule has 1 aliphatic heterocycles. The molecule has 3 rings (SSSR count). The molecule has 0 aromatic heterocycles. The van der Waals surface area contributed by atoms with Gasteiger partial charge in [0.15, 0.2) is 11.5 Å². The highest BCUT2D eigenvalue weighted by atomic mass is 79.9. The zero-order valence-electron chi connectivity index (χ0n) is 10.3. The molecule has 98 valence electrons. The SMILES string of the molecule is CC(C1CC1)C(Br)c1cc2c(cc1Cl)OCCO2. The monoisotopic (exact) mass is 330 g/mol. The summed E-state index contributed by atoms with van der Waals surface area (Å²) >= 11 is 10.1. The predicted octanol–water partition coefficient (Wildman–Crippen LogP) is 4.59. The van der Waals surface area contributed by atoms with Gasteiger partial charge in [-0.05, 0) is 36.3 Å². The molecule has 1 aliphatic carbocycles. The molecule has 0 saturated heterocycles. The van der Waals surface area contributed by atoms with Gasteiger partial charge in [-0.25, -0.2) is 0 Å². The minimum atomic E-state index is 0.285. The number of rotatable bonds is 3. The first-order valence-electron chi connectivity index (χ1n) is 6.40. The van der Waals surface area contributed by atoms with Crippen molar-refractivity contribution in [1.82, 2.24) is 0 Å². The van der Waals surface area contributed by atoms with Gasteiger partial charge in [-0.15, -0.1) is 0 Å². The second kappa shape index (κ2) is 4.93. The molecule has 1 aromatic rings. The van der Waals surface area contributed by atoms with Crippen LogP contribution in [0.2, 0.25) is 5.02 Å². The largest absolute Gasteiger partial charge is 0.486 e. The van der Waals surface area contributed by atoms with Crippen molar-refractivity contribution >= 4 is 27.5 Å². The summed E-state index contributed by atoms with van der Waals surface area (Å²) in [6.07, 6.45) is 2.68. The van der Waals surface area contributed by atoms with Gasteiger partial charge in [0, 0.05) is 15.9 Å². The molecular formula is C14H16BrClO2. The lowest BCUT2D eigenvalue weighted by atomic mass is 9.96. The molecule has 0 N–H and O–H groups in total. The molecule has 1 aromatic carbocycles. The standard InChI is InChI=1S/C14H16BrClO2/c1-8(9-2-3-9)14(15)10-6-12-13(7-11(10)16)18-5-4-17-12/h6-9,14H,2-5H2,1H3. The van der Waals surface area contributed by atoms with Crippen LogP contribution in [0.3, 0.4) is 0 Å². The van der Waals surface area contributed by atoms with E-state index in [2.05, 4.69) is 22.9 Å². The molecule has 2 nitrogen and oxygen atoms in total. The van der Waals surface area contributed by atoms with Gasteiger partial charge in [0.2, 0.25) is 0 Å². The third kappa shape index (κ3) is 2.35. The van der Waals surface area contributed by atoms with Crippen LogP contribution in [0.4, 0.5) is 0 Å². The van der Waals surface area contributed by atoms with Crippen LogP contribution in [0.5, 0.6) is 11.5 Å². The van der Waals surface area contributed by atoms with Crippen molar-refractivity contribution < 1.29 is 9.47 Å². The van der Waals surface area contributed by atoms with E-state index in [1.54, 1.807) is 0 Å². The van der Waals surface area contributed by atoms with Crippen LogP contribution >= 0.6 is 27.5 Å². The Hall–Kier alpha value is -0.410. The molecule has 0 radical (unpaired) electrons. The van der Waals surface area contributed by atoms with Crippen LogP contribution in [0, 0.1) is 11.8 Å². The average Bonchev–Trinajstić information content (AvgIpc) is 3.20. The molecule has 2 aliphatic rings. The van der Waals surface area contributed by atoms with Gasteiger partial charge < -0.3 is 9.47 Å². The first kappa shape index (κ1) is 12.6. The number of hydrogen-bond donors (Lipinski definition) is 0. The summed E-state index contributed by atoms with van der Waals surface area (Å²) in [5.74, 6) is 3.01. The molecule has 2 atom stereocenters. The van der Waals surface area contributed by atoms with Crippen LogP contribution in [-0.4, -0.2) is 13.2 Å². The fourth-order valence-corrected chi connectivity index (χ4v) is 3.65. The van der Waals surface area contributed by atoms with Gasteiger partial charge in [0.1, 0.15) is 13.2 Å². The maximum atomic E-state index is 6.36. The lowest BCUT2D eigenvalue weighted by molar-refractivity contribution is 0.171. The van der Waals surface area contributed by atoms with Crippen molar-refractivity contribution in [3.63, 3.8) is 0 Å². The minimum absolute atomic E-state index is 0.285. The maximum Gasteiger partial charge on any atom is 0.162 e. The summed E-state index contributed by atoms with van der Waals surface area (Å²) in [4.78, 5) is 0.285. The van der Waals surface area contributed by atoms with Crippen molar-refractivity contribution in [3.8, 4) is 11.5 Å². The van der Waals surface area contributed by atoms with Crippen LogP contribution < -0.4 is 9.47 Å². The summed E-state index contributed by atoms with van der Waals surface area (Å²) in [7, 11) is 0.